The van der Waals surface area contributed by atoms with E-state index in [1.807, 2.05) is 38.1 Å². The molecule has 0 aliphatic carbocycles. The monoisotopic (exact) mass is 316 g/mol. The summed E-state index contributed by atoms with van der Waals surface area (Å²) in [5.41, 5.74) is 0.945. The highest BCUT2D eigenvalue weighted by Crippen LogP contribution is 2.32. The summed E-state index contributed by atoms with van der Waals surface area (Å²) in [6.07, 6.45) is 1.72. The van der Waals surface area contributed by atoms with Crippen molar-refractivity contribution in [1.82, 2.24) is 9.80 Å². The largest absolute Gasteiger partial charge is 0.383 e. The van der Waals surface area contributed by atoms with Gasteiger partial charge in [0.05, 0.1) is 13.1 Å². The van der Waals surface area contributed by atoms with E-state index in [-0.39, 0.29) is 24.9 Å². The van der Waals surface area contributed by atoms with Crippen molar-refractivity contribution >= 4 is 11.8 Å². The molecular formula is C18H24N2O3. The van der Waals surface area contributed by atoms with E-state index in [4.69, 9.17) is 0 Å². The average Bonchev–Trinajstić information content (AvgIpc) is 2.96. The Hall–Kier alpha value is -2.14. The Labute approximate surface area is 137 Å². The van der Waals surface area contributed by atoms with Gasteiger partial charge in [-0.3, -0.25) is 9.59 Å². The Morgan fingerprint density at radius 1 is 1.39 bits per heavy atom. The van der Waals surface area contributed by atoms with Crippen LogP contribution in [0.2, 0.25) is 0 Å². The summed E-state index contributed by atoms with van der Waals surface area (Å²) in [5.74, 6) is -0.404. The Balaban J connectivity index is 2.03. The number of rotatable bonds is 5. The molecule has 1 N–H and O–H groups in total. The minimum atomic E-state index is -1.01. The third kappa shape index (κ3) is 3.79. The van der Waals surface area contributed by atoms with Crippen LogP contribution in [0.3, 0.4) is 0 Å². The predicted octanol–water partition coefficient (Wildman–Crippen LogP) is 1.45. The fourth-order valence-electron chi connectivity index (χ4n) is 2.84. The van der Waals surface area contributed by atoms with Gasteiger partial charge >= 0.3 is 0 Å². The molecule has 1 aliphatic heterocycles. The highest BCUT2D eigenvalue weighted by molar-refractivity contribution is 5.91. The number of hydrogen-bond donors (Lipinski definition) is 1. The molecule has 2 rings (SSSR count). The van der Waals surface area contributed by atoms with Crippen LogP contribution < -0.4 is 0 Å². The molecule has 1 fully saturated rings. The second kappa shape index (κ2) is 6.96. The molecule has 2 amide bonds. The summed E-state index contributed by atoms with van der Waals surface area (Å²) in [7, 11) is 0. The zero-order valence-corrected chi connectivity index (χ0v) is 13.8. The van der Waals surface area contributed by atoms with E-state index in [2.05, 4.69) is 6.58 Å². The molecule has 1 aromatic rings. The van der Waals surface area contributed by atoms with E-state index in [1.165, 1.54) is 11.0 Å². The highest BCUT2D eigenvalue weighted by atomic mass is 16.3. The maximum absolute atomic E-state index is 12.4. The fraction of sp³-hybridized carbons (Fsp3) is 0.444. The third-order valence-corrected chi connectivity index (χ3v) is 4.38. The van der Waals surface area contributed by atoms with Crippen LogP contribution in [0.25, 0.3) is 0 Å². The Kier molecular flexibility index (Phi) is 5.21. The van der Waals surface area contributed by atoms with Crippen LogP contribution in [0, 0.1) is 6.92 Å². The van der Waals surface area contributed by atoms with Crippen molar-refractivity contribution < 1.29 is 14.7 Å². The van der Waals surface area contributed by atoms with Gasteiger partial charge in [-0.2, -0.15) is 0 Å². The van der Waals surface area contributed by atoms with Crippen molar-refractivity contribution in [1.29, 1.82) is 0 Å². The molecule has 0 bridgehead atoms. The quantitative estimate of drug-likeness (QED) is 0.837. The molecule has 1 aromatic carbocycles. The van der Waals surface area contributed by atoms with Crippen LogP contribution in [-0.2, 0) is 15.2 Å². The molecule has 1 atom stereocenters. The van der Waals surface area contributed by atoms with Gasteiger partial charge < -0.3 is 14.9 Å². The minimum absolute atomic E-state index is 0.0192. The van der Waals surface area contributed by atoms with Gasteiger partial charge in [-0.15, -0.1) is 0 Å². The summed E-state index contributed by atoms with van der Waals surface area (Å²) >= 11 is 0. The van der Waals surface area contributed by atoms with E-state index in [0.29, 0.717) is 19.5 Å². The lowest BCUT2D eigenvalue weighted by Crippen LogP contribution is -2.42. The van der Waals surface area contributed by atoms with E-state index in [1.54, 1.807) is 4.90 Å². The number of β-amino-alcohol motifs (C(OH)–C–C–N with tert-alkyl or cyclic N) is 1. The Morgan fingerprint density at radius 2 is 2.04 bits per heavy atom. The van der Waals surface area contributed by atoms with Crippen LogP contribution in [-0.4, -0.2) is 52.9 Å². The maximum atomic E-state index is 12.4. The molecule has 5 heteroatoms. The minimum Gasteiger partial charge on any atom is -0.383 e. The molecule has 0 radical (unpaired) electrons. The standard InChI is InChI=1S/C18H24N2O3/c1-4-16(21)19(5-2)12-17(22)20-11-10-18(23,13-20)15-8-6-14(3)7-9-15/h4,6-9,23H,1,5,10-13H2,2-3H3. The van der Waals surface area contributed by atoms with E-state index < -0.39 is 5.60 Å². The van der Waals surface area contributed by atoms with Crippen LogP contribution >= 0.6 is 0 Å². The number of carbonyl (C=O) groups excluding carboxylic acids is 2. The predicted molar refractivity (Wildman–Crippen MR) is 88.7 cm³/mol. The summed E-state index contributed by atoms with van der Waals surface area (Å²) < 4.78 is 0. The van der Waals surface area contributed by atoms with Gasteiger partial charge in [-0.05, 0) is 31.9 Å². The highest BCUT2D eigenvalue weighted by Gasteiger charge is 2.39. The molecule has 0 aromatic heterocycles. The summed E-state index contributed by atoms with van der Waals surface area (Å²) in [5, 5.41) is 10.8. The van der Waals surface area contributed by atoms with Crippen LogP contribution in [0.4, 0.5) is 0 Å². The molecule has 1 saturated heterocycles. The number of amides is 2. The first kappa shape index (κ1) is 17.2. The van der Waals surface area contributed by atoms with Gasteiger partial charge in [0.1, 0.15) is 5.60 Å². The van der Waals surface area contributed by atoms with Crippen molar-refractivity contribution in [3.05, 3.63) is 48.0 Å². The molecule has 0 saturated carbocycles. The smallest absolute Gasteiger partial charge is 0.246 e. The second-order valence-electron chi connectivity index (χ2n) is 6.02. The van der Waals surface area contributed by atoms with Crippen molar-refractivity contribution in [2.75, 3.05) is 26.2 Å². The molecule has 5 nitrogen and oxygen atoms in total. The van der Waals surface area contributed by atoms with Crippen molar-refractivity contribution in [2.45, 2.75) is 25.9 Å². The molecule has 23 heavy (non-hydrogen) atoms. The summed E-state index contributed by atoms with van der Waals surface area (Å²) in [6.45, 7) is 8.48. The zero-order chi connectivity index (χ0) is 17.0. The topological polar surface area (TPSA) is 60.9 Å². The Bertz CT molecular complexity index is 597. The maximum Gasteiger partial charge on any atom is 0.246 e. The van der Waals surface area contributed by atoms with Crippen molar-refractivity contribution in [3.8, 4) is 0 Å². The number of likely N-dealkylation sites (tertiary alicyclic amines) is 1. The van der Waals surface area contributed by atoms with Crippen molar-refractivity contribution in [2.24, 2.45) is 0 Å². The molecule has 1 aliphatic rings. The first-order valence-electron chi connectivity index (χ1n) is 7.88. The van der Waals surface area contributed by atoms with E-state index >= 15 is 0 Å². The zero-order valence-electron chi connectivity index (χ0n) is 13.8. The number of nitrogens with zero attached hydrogens (tertiary/aromatic N) is 2. The number of benzene rings is 1. The normalized spacial score (nSPS) is 20.4. The number of aryl methyl sites for hydroxylation is 1. The second-order valence-corrected chi connectivity index (χ2v) is 6.02. The van der Waals surface area contributed by atoms with Crippen LogP contribution in [0.5, 0.6) is 0 Å². The Morgan fingerprint density at radius 3 is 2.61 bits per heavy atom. The van der Waals surface area contributed by atoms with Gasteiger partial charge in [-0.25, -0.2) is 0 Å². The number of carbonyl (C=O) groups is 2. The average molecular weight is 316 g/mol. The molecule has 1 unspecified atom stereocenters. The number of aliphatic hydroxyl groups is 1. The molecule has 124 valence electrons. The lowest BCUT2D eigenvalue weighted by atomic mass is 9.92. The van der Waals surface area contributed by atoms with Gasteiger partial charge in [0.25, 0.3) is 0 Å². The lowest BCUT2D eigenvalue weighted by molar-refractivity contribution is -0.138. The third-order valence-electron chi connectivity index (χ3n) is 4.38. The number of likely N-dealkylation sites (N-methyl/N-ethyl adjacent to an activating group) is 1. The van der Waals surface area contributed by atoms with Gasteiger partial charge in [0.15, 0.2) is 0 Å². The first-order valence-corrected chi connectivity index (χ1v) is 7.88. The van der Waals surface area contributed by atoms with Gasteiger partial charge in [0.2, 0.25) is 11.8 Å². The first-order chi connectivity index (χ1) is 10.9. The fourth-order valence-corrected chi connectivity index (χ4v) is 2.84. The van der Waals surface area contributed by atoms with E-state index in [0.717, 1.165) is 11.1 Å². The molecule has 1 heterocycles. The summed E-state index contributed by atoms with van der Waals surface area (Å²) in [4.78, 5) is 27.1. The summed E-state index contributed by atoms with van der Waals surface area (Å²) in [6, 6.07) is 7.73. The van der Waals surface area contributed by atoms with Crippen LogP contribution in [0.1, 0.15) is 24.5 Å². The molecule has 0 spiro atoms. The molecular weight excluding hydrogens is 292 g/mol. The lowest BCUT2D eigenvalue weighted by Gasteiger charge is -2.26. The van der Waals surface area contributed by atoms with Crippen LogP contribution in [0.15, 0.2) is 36.9 Å². The van der Waals surface area contributed by atoms with Crippen molar-refractivity contribution in [3.63, 3.8) is 0 Å². The number of hydrogen-bond acceptors (Lipinski definition) is 3. The van der Waals surface area contributed by atoms with E-state index in [9.17, 15) is 14.7 Å². The van der Waals surface area contributed by atoms with Gasteiger partial charge in [-0.1, -0.05) is 36.4 Å². The van der Waals surface area contributed by atoms with Gasteiger partial charge in [0, 0.05) is 13.1 Å². The SMILES string of the molecule is C=CC(=O)N(CC)CC(=O)N1CCC(O)(c2ccc(C)cc2)C1.